The third-order valence-electron chi connectivity index (χ3n) is 3.14. The van der Waals surface area contributed by atoms with Gasteiger partial charge >= 0.3 is 0 Å². The molecule has 0 saturated carbocycles. The first kappa shape index (κ1) is 13.4. The second-order valence-corrected chi connectivity index (χ2v) is 5.35. The summed E-state index contributed by atoms with van der Waals surface area (Å²) >= 11 is 6.25. The van der Waals surface area contributed by atoms with Gasteiger partial charge in [-0.05, 0) is 49.6 Å². The van der Waals surface area contributed by atoms with E-state index in [1.807, 2.05) is 19.1 Å². The van der Waals surface area contributed by atoms with Crippen LogP contribution in [-0.4, -0.2) is 13.2 Å². The Morgan fingerprint density at radius 3 is 2.94 bits per heavy atom. The fourth-order valence-corrected chi connectivity index (χ4v) is 2.43. The number of benzene rings is 1. The molecule has 0 amide bonds. The van der Waals surface area contributed by atoms with Crippen molar-refractivity contribution >= 4 is 11.6 Å². The number of ether oxygens (including phenoxy) is 1. The van der Waals surface area contributed by atoms with E-state index in [1.54, 1.807) is 0 Å². The van der Waals surface area contributed by atoms with E-state index in [-0.39, 0.29) is 0 Å². The van der Waals surface area contributed by atoms with Crippen LogP contribution in [0.4, 0.5) is 0 Å². The SMILES string of the molecule is C=C(C)COc1ccc(C2CCCCN2)cc1Cl. The molecule has 1 aliphatic heterocycles. The zero-order valence-electron chi connectivity index (χ0n) is 10.8. The first-order chi connectivity index (χ1) is 8.66. The summed E-state index contributed by atoms with van der Waals surface area (Å²) in [6.07, 6.45) is 3.73. The van der Waals surface area contributed by atoms with Crippen LogP contribution < -0.4 is 10.1 Å². The number of piperidine rings is 1. The number of halogens is 1. The van der Waals surface area contributed by atoms with Gasteiger partial charge in [-0.3, -0.25) is 0 Å². The molecule has 0 aliphatic carbocycles. The van der Waals surface area contributed by atoms with E-state index in [4.69, 9.17) is 16.3 Å². The molecule has 1 aliphatic rings. The Kier molecular flexibility index (Phi) is 4.67. The smallest absolute Gasteiger partial charge is 0.138 e. The minimum Gasteiger partial charge on any atom is -0.488 e. The van der Waals surface area contributed by atoms with Crippen LogP contribution in [0.25, 0.3) is 0 Å². The molecule has 3 heteroatoms. The molecular weight excluding hydrogens is 246 g/mol. The van der Waals surface area contributed by atoms with Gasteiger partial charge in [-0.1, -0.05) is 30.7 Å². The van der Waals surface area contributed by atoms with Gasteiger partial charge in [0.15, 0.2) is 0 Å². The molecule has 1 fully saturated rings. The summed E-state index contributed by atoms with van der Waals surface area (Å²) in [6.45, 7) is 7.36. The molecule has 1 atom stereocenters. The summed E-state index contributed by atoms with van der Waals surface area (Å²) in [5.41, 5.74) is 2.24. The van der Waals surface area contributed by atoms with Crippen molar-refractivity contribution in [2.45, 2.75) is 32.2 Å². The number of hydrogen-bond acceptors (Lipinski definition) is 2. The van der Waals surface area contributed by atoms with E-state index in [0.29, 0.717) is 17.7 Å². The monoisotopic (exact) mass is 265 g/mol. The largest absolute Gasteiger partial charge is 0.488 e. The Bertz CT molecular complexity index is 425. The maximum Gasteiger partial charge on any atom is 0.138 e. The van der Waals surface area contributed by atoms with Crippen LogP contribution in [0.3, 0.4) is 0 Å². The van der Waals surface area contributed by atoms with Gasteiger partial charge in [0, 0.05) is 6.04 Å². The van der Waals surface area contributed by atoms with E-state index < -0.39 is 0 Å². The molecule has 1 saturated heterocycles. The second kappa shape index (κ2) is 6.26. The van der Waals surface area contributed by atoms with Gasteiger partial charge < -0.3 is 10.1 Å². The van der Waals surface area contributed by atoms with Crippen molar-refractivity contribution in [3.8, 4) is 5.75 Å². The highest BCUT2D eigenvalue weighted by Crippen LogP contribution is 2.30. The molecule has 1 aromatic carbocycles. The summed E-state index contributed by atoms with van der Waals surface area (Å²) in [5.74, 6) is 0.735. The third kappa shape index (κ3) is 3.50. The molecule has 1 N–H and O–H groups in total. The molecular formula is C15H20ClNO. The van der Waals surface area contributed by atoms with Crippen LogP contribution in [0, 0.1) is 0 Å². The summed E-state index contributed by atoms with van der Waals surface area (Å²) in [6, 6.07) is 6.50. The zero-order chi connectivity index (χ0) is 13.0. The fraction of sp³-hybridized carbons (Fsp3) is 0.467. The lowest BCUT2D eigenvalue weighted by Gasteiger charge is -2.24. The molecule has 98 valence electrons. The highest BCUT2D eigenvalue weighted by atomic mass is 35.5. The van der Waals surface area contributed by atoms with Crippen molar-refractivity contribution in [3.63, 3.8) is 0 Å². The molecule has 2 nitrogen and oxygen atoms in total. The topological polar surface area (TPSA) is 21.3 Å². The molecule has 0 aromatic heterocycles. The van der Waals surface area contributed by atoms with Gasteiger partial charge in [0.2, 0.25) is 0 Å². The Hall–Kier alpha value is -0.990. The number of nitrogens with one attached hydrogen (secondary N) is 1. The van der Waals surface area contributed by atoms with Gasteiger partial charge in [-0.2, -0.15) is 0 Å². The van der Waals surface area contributed by atoms with Crippen LogP contribution in [0.1, 0.15) is 37.8 Å². The predicted octanol–water partition coefficient (Wildman–Crippen LogP) is 4.11. The van der Waals surface area contributed by atoms with Gasteiger partial charge in [0.1, 0.15) is 12.4 Å². The highest BCUT2D eigenvalue weighted by molar-refractivity contribution is 6.32. The quantitative estimate of drug-likeness (QED) is 0.828. The summed E-state index contributed by atoms with van der Waals surface area (Å²) in [4.78, 5) is 0. The average Bonchev–Trinajstić information content (AvgIpc) is 2.38. The van der Waals surface area contributed by atoms with Crippen LogP contribution >= 0.6 is 11.6 Å². The highest BCUT2D eigenvalue weighted by Gasteiger charge is 2.15. The van der Waals surface area contributed by atoms with Crippen LogP contribution in [0.15, 0.2) is 30.4 Å². The van der Waals surface area contributed by atoms with Crippen molar-refractivity contribution in [1.82, 2.24) is 5.32 Å². The maximum atomic E-state index is 6.25. The predicted molar refractivity (Wildman–Crippen MR) is 76.4 cm³/mol. The van der Waals surface area contributed by atoms with Gasteiger partial charge in [0.05, 0.1) is 5.02 Å². The summed E-state index contributed by atoms with van der Waals surface area (Å²) < 4.78 is 5.59. The van der Waals surface area contributed by atoms with Gasteiger partial charge in [-0.25, -0.2) is 0 Å². The van der Waals surface area contributed by atoms with Crippen molar-refractivity contribution in [2.24, 2.45) is 0 Å². The molecule has 18 heavy (non-hydrogen) atoms. The Labute approximate surface area is 114 Å². The van der Waals surface area contributed by atoms with Gasteiger partial charge in [0.25, 0.3) is 0 Å². The molecule has 0 radical (unpaired) electrons. The van der Waals surface area contributed by atoms with Crippen molar-refractivity contribution in [2.75, 3.05) is 13.2 Å². The lowest BCUT2D eigenvalue weighted by atomic mass is 9.97. The standard InChI is InChI=1S/C15H20ClNO/c1-11(2)10-18-15-7-6-12(9-13(15)16)14-5-3-4-8-17-14/h6-7,9,14,17H,1,3-5,8,10H2,2H3. The Morgan fingerprint density at radius 2 is 2.33 bits per heavy atom. The second-order valence-electron chi connectivity index (χ2n) is 4.94. The molecule has 0 spiro atoms. The molecule has 0 bridgehead atoms. The normalized spacial score (nSPS) is 19.6. The zero-order valence-corrected chi connectivity index (χ0v) is 11.6. The number of hydrogen-bond donors (Lipinski definition) is 1. The minimum atomic E-state index is 0.437. The molecule has 1 unspecified atom stereocenters. The lowest BCUT2D eigenvalue weighted by Crippen LogP contribution is -2.26. The summed E-state index contributed by atoms with van der Waals surface area (Å²) in [5, 5.41) is 4.20. The van der Waals surface area contributed by atoms with Gasteiger partial charge in [-0.15, -0.1) is 0 Å². The van der Waals surface area contributed by atoms with E-state index >= 15 is 0 Å². The molecule has 1 aromatic rings. The van der Waals surface area contributed by atoms with Crippen molar-refractivity contribution in [1.29, 1.82) is 0 Å². The van der Waals surface area contributed by atoms with Crippen LogP contribution in [0.2, 0.25) is 5.02 Å². The summed E-state index contributed by atoms with van der Waals surface area (Å²) in [7, 11) is 0. The van der Waals surface area contributed by atoms with Crippen LogP contribution in [0.5, 0.6) is 5.75 Å². The third-order valence-corrected chi connectivity index (χ3v) is 3.44. The Morgan fingerprint density at radius 1 is 1.50 bits per heavy atom. The van der Waals surface area contributed by atoms with E-state index in [9.17, 15) is 0 Å². The first-order valence-corrected chi connectivity index (χ1v) is 6.84. The van der Waals surface area contributed by atoms with Crippen molar-refractivity contribution in [3.05, 3.63) is 40.9 Å². The molecule has 1 heterocycles. The Balaban J connectivity index is 2.06. The number of rotatable bonds is 4. The van der Waals surface area contributed by atoms with E-state index in [1.165, 1.54) is 24.8 Å². The first-order valence-electron chi connectivity index (χ1n) is 6.47. The average molecular weight is 266 g/mol. The minimum absolute atomic E-state index is 0.437. The fourth-order valence-electron chi connectivity index (χ4n) is 2.19. The molecule has 2 rings (SSSR count). The van der Waals surface area contributed by atoms with E-state index in [0.717, 1.165) is 17.9 Å². The van der Waals surface area contributed by atoms with Crippen molar-refractivity contribution < 1.29 is 4.74 Å². The maximum absolute atomic E-state index is 6.25. The van der Waals surface area contributed by atoms with E-state index in [2.05, 4.69) is 18.0 Å². The van der Waals surface area contributed by atoms with Crippen LogP contribution in [-0.2, 0) is 0 Å². The lowest BCUT2D eigenvalue weighted by molar-refractivity contribution is 0.352.